The van der Waals surface area contributed by atoms with E-state index in [9.17, 15) is 9.59 Å². The van der Waals surface area contributed by atoms with Gasteiger partial charge < -0.3 is 9.32 Å². The van der Waals surface area contributed by atoms with Crippen molar-refractivity contribution >= 4 is 46.5 Å². The predicted molar refractivity (Wildman–Crippen MR) is 157 cm³/mol. The number of furan rings is 1. The molecule has 0 unspecified atom stereocenters. The Morgan fingerprint density at radius 2 is 1.74 bits per heavy atom. The number of carbonyl (C=O) groups excluding carboxylic acids is 1. The lowest BCUT2D eigenvalue weighted by molar-refractivity contribution is -0.127. The normalized spacial score (nSPS) is 15.3. The molecule has 2 aromatic carbocycles. The Kier molecular flexibility index (Phi) is 7.67. The van der Waals surface area contributed by atoms with Crippen LogP contribution in [0, 0.1) is 6.92 Å². The van der Waals surface area contributed by atoms with Crippen LogP contribution in [0.4, 0.5) is 0 Å². The molecule has 39 heavy (non-hydrogen) atoms. The summed E-state index contributed by atoms with van der Waals surface area (Å²) in [6.07, 6.45) is 1.72. The number of nitrogens with zero attached hydrogens (tertiary/aromatic N) is 3. The van der Waals surface area contributed by atoms with Gasteiger partial charge in [0.2, 0.25) is 0 Å². The van der Waals surface area contributed by atoms with Crippen LogP contribution in [0.15, 0.2) is 80.1 Å². The van der Waals surface area contributed by atoms with Gasteiger partial charge in [0.05, 0.1) is 21.8 Å². The second kappa shape index (κ2) is 11.0. The van der Waals surface area contributed by atoms with Gasteiger partial charge >= 0.3 is 0 Å². The molecule has 9 heteroatoms. The van der Waals surface area contributed by atoms with E-state index >= 15 is 0 Å². The first kappa shape index (κ1) is 27.2. The van der Waals surface area contributed by atoms with E-state index in [1.54, 1.807) is 27.7 Å². The summed E-state index contributed by atoms with van der Waals surface area (Å²) in [6, 6.07) is 15.9. The van der Waals surface area contributed by atoms with Crippen LogP contribution in [-0.4, -0.2) is 28.5 Å². The maximum atomic E-state index is 13.9. The van der Waals surface area contributed by atoms with Crippen molar-refractivity contribution in [2.75, 3.05) is 13.1 Å². The average Bonchev–Trinajstić information content (AvgIpc) is 3.50. The number of hydrogen-bond donors (Lipinski definition) is 0. The maximum Gasteiger partial charge on any atom is 0.271 e. The van der Waals surface area contributed by atoms with Crippen molar-refractivity contribution in [3.63, 3.8) is 0 Å². The van der Waals surface area contributed by atoms with Crippen molar-refractivity contribution in [1.29, 1.82) is 0 Å². The minimum absolute atomic E-state index is 0.136. The Hall–Kier alpha value is -3.39. The molecule has 0 aliphatic carbocycles. The molecule has 1 atom stereocenters. The number of aromatic nitrogens is 1. The number of fused-ring (bicyclic) bond motifs is 1. The summed E-state index contributed by atoms with van der Waals surface area (Å²) in [5.74, 6) is 1.06. The molecule has 1 aliphatic rings. The highest BCUT2D eigenvalue weighted by molar-refractivity contribution is 7.07. The SMILES string of the molecule is CCN(CC)C(=O)C1=C(C)N=c2s/c(=C/c3ccc(-c4cc(Cl)ccc4C)o3)c(=O)n2[C@H]1c1ccc(Cl)cc1. The summed E-state index contributed by atoms with van der Waals surface area (Å²) in [5.41, 5.74) is 3.54. The second-order valence-electron chi connectivity index (χ2n) is 9.27. The summed E-state index contributed by atoms with van der Waals surface area (Å²) in [6.45, 7) is 8.79. The molecule has 0 spiro atoms. The van der Waals surface area contributed by atoms with Gasteiger partial charge in [0.1, 0.15) is 11.5 Å². The van der Waals surface area contributed by atoms with Crippen molar-refractivity contribution in [3.8, 4) is 11.3 Å². The minimum atomic E-state index is -0.630. The number of hydrogen-bond acceptors (Lipinski definition) is 5. The van der Waals surface area contributed by atoms with Crippen molar-refractivity contribution in [3.05, 3.63) is 112 Å². The van der Waals surface area contributed by atoms with Gasteiger partial charge in [-0.2, -0.15) is 0 Å². The molecule has 0 fully saturated rings. The molecule has 0 N–H and O–H groups in total. The molecule has 2 aromatic heterocycles. The molecule has 6 nitrogen and oxygen atoms in total. The highest BCUT2D eigenvalue weighted by atomic mass is 35.5. The molecule has 0 saturated carbocycles. The van der Waals surface area contributed by atoms with Crippen LogP contribution in [0.2, 0.25) is 10.0 Å². The number of amides is 1. The summed E-state index contributed by atoms with van der Waals surface area (Å²) in [5, 5.41) is 1.20. The zero-order valence-electron chi connectivity index (χ0n) is 22.0. The van der Waals surface area contributed by atoms with E-state index in [0.29, 0.717) is 55.3 Å². The Morgan fingerprint density at radius 1 is 1.05 bits per heavy atom. The molecular formula is C30H27Cl2N3O3S. The molecule has 3 heterocycles. The Labute approximate surface area is 240 Å². The van der Waals surface area contributed by atoms with Crippen molar-refractivity contribution in [2.24, 2.45) is 4.99 Å². The maximum absolute atomic E-state index is 13.9. The number of likely N-dealkylation sites (N-methyl/N-ethyl adjacent to an activating group) is 1. The molecule has 0 bridgehead atoms. The first-order valence-electron chi connectivity index (χ1n) is 12.7. The van der Waals surface area contributed by atoms with Gasteiger partial charge in [-0.25, -0.2) is 4.99 Å². The van der Waals surface area contributed by atoms with E-state index in [0.717, 1.165) is 16.7 Å². The van der Waals surface area contributed by atoms with E-state index in [2.05, 4.69) is 0 Å². The van der Waals surface area contributed by atoms with Gasteiger partial charge in [0.15, 0.2) is 4.80 Å². The van der Waals surface area contributed by atoms with Gasteiger partial charge in [0, 0.05) is 34.8 Å². The third-order valence-electron chi connectivity index (χ3n) is 6.85. The number of rotatable bonds is 6. The molecule has 0 saturated heterocycles. The van der Waals surface area contributed by atoms with Gasteiger partial charge in [-0.05, 0) is 75.2 Å². The Bertz CT molecular complexity index is 1780. The van der Waals surface area contributed by atoms with Crippen LogP contribution < -0.4 is 14.9 Å². The van der Waals surface area contributed by atoms with Crippen LogP contribution in [0.5, 0.6) is 0 Å². The second-order valence-corrected chi connectivity index (χ2v) is 11.2. The minimum Gasteiger partial charge on any atom is -0.457 e. The smallest absolute Gasteiger partial charge is 0.271 e. The average molecular weight is 581 g/mol. The van der Waals surface area contributed by atoms with Crippen LogP contribution >= 0.6 is 34.5 Å². The van der Waals surface area contributed by atoms with Crippen LogP contribution in [-0.2, 0) is 4.79 Å². The van der Waals surface area contributed by atoms with Crippen molar-refractivity contribution < 1.29 is 9.21 Å². The number of benzene rings is 2. The summed E-state index contributed by atoms with van der Waals surface area (Å²) in [7, 11) is 0. The first-order valence-corrected chi connectivity index (χ1v) is 14.2. The van der Waals surface area contributed by atoms with Gasteiger partial charge in [-0.15, -0.1) is 0 Å². The van der Waals surface area contributed by atoms with Crippen molar-refractivity contribution in [1.82, 2.24) is 9.47 Å². The van der Waals surface area contributed by atoms with Gasteiger partial charge in [0.25, 0.3) is 11.5 Å². The van der Waals surface area contributed by atoms with Crippen LogP contribution in [0.3, 0.4) is 0 Å². The molecular weight excluding hydrogens is 553 g/mol. The summed E-state index contributed by atoms with van der Waals surface area (Å²) in [4.78, 5) is 34.5. The largest absolute Gasteiger partial charge is 0.457 e. The molecule has 0 radical (unpaired) electrons. The lowest BCUT2D eigenvalue weighted by Gasteiger charge is -2.29. The van der Waals surface area contributed by atoms with Crippen LogP contribution in [0.25, 0.3) is 17.4 Å². The number of thiazole rings is 1. The number of halogens is 2. The summed E-state index contributed by atoms with van der Waals surface area (Å²) < 4.78 is 8.15. The Balaban J connectivity index is 1.65. The predicted octanol–water partition coefficient (Wildman–Crippen LogP) is 5.98. The molecule has 5 rings (SSSR count). The highest BCUT2D eigenvalue weighted by Crippen LogP contribution is 2.32. The fourth-order valence-electron chi connectivity index (χ4n) is 4.80. The molecule has 1 aliphatic heterocycles. The van der Waals surface area contributed by atoms with E-state index in [-0.39, 0.29) is 11.5 Å². The van der Waals surface area contributed by atoms with E-state index < -0.39 is 6.04 Å². The van der Waals surface area contributed by atoms with Crippen molar-refractivity contribution in [2.45, 2.75) is 33.7 Å². The number of carbonyl (C=O) groups is 1. The fraction of sp³-hybridized carbons (Fsp3) is 0.233. The lowest BCUT2D eigenvalue weighted by atomic mass is 9.94. The fourth-order valence-corrected chi connectivity index (χ4v) is 6.13. The molecule has 1 amide bonds. The first-order chi connectivity index (χ1) is 18.7. The monoisotopic (exact) mass is 579 g/mol. The quantitative estimate of drug-likeness (QED) is 0.282. The zero-order chi connectivity index (χ0) is 27.8. The van der Waals surface area contributed by atoms with Gasteiger partial charge in [-0.1, -0.05) is 52.7 Å². The van der Waals surface area contributed by atoms with E-state index in [4.69, 9.17) is 32.6 Å². The van der Waals surface area contributed by atoms with Gasteiger partial charge in [-0.3, -0.25) is 14.2 Å². The third kappa shape index (κ3) is 5.14. The standard InChI is InChI=1S/C30H27Cl2N3O3S/c1-5-34(6-2)29(37)26-18(4)33-30-35(27(26)19-8-11-20(31)12-9-19)28(36)25(39-30)16-22-13-14-24(38-22)23-15-21(32)10-7-17(23)3/h7-16,27H,5-6H2,1-4H3/b25-16+/t27-/m0/s1. The topological polar surface area (TPSA) is 67.8 Å². The number of allylic oxidation sites excluding steroid dienone is 1. The summed E-state index contributed by atoms with van der Waals surface area (Å²) >= 11 is 13.6. The zero-order valence-corrected chi connectivity index (χ0v) is 24.3. The van der Waals surface area contributed by atoms with E-state index in [1.165, 1.54) is 11.3 Å². The Morgan fingerprint density at radius 3 is 2.44 bits per heavy atom. The highest BCUT2D eigenvalue weighted by Gasteiger charge is 2.34. The van der Waals surface area contributed by atoms with E-state index in [1.807, 2.05) is 70.2 Å². The van der Waals surface area contributed by atoms with Crippen LogP contribution in [0.1, 0.15) is 43.7 Å². The molecule has 200 valence electrons. The number of aryl methyl sites for hydroxylation is 1. The lowest BCUT2D eigenvalue weighted by Crippen LogP contribution is -2.43. The molecule has 4 aromatic rings. The third-order valence-corrected chi connectivity index (χ3v) is 8.32.